The summed E-state index contributed by atoms with van der Waals surface area (Å²) >= 11 is 0. The molecule has 4 rings (SSSR count). The molecule has 0 spiro atoms. The molecule has 3 aliphatic heterocycles. The molecule has 27 heavy (non-hydrogen) atoms. The third kappa shape index (κ3) is 3.24. The van der Waals surface area contributed by atoms with Gasteiger partial charge in [0.2, 0.25) is 5.91 Å². The lowest BCUT2D eigenvalue weighted by molar-refractivity contribution is -0.135. The van der Waals surface area contributed by atoms with E-state index in [1.54, 1.807) is 0 Å². The molecule has 0 aromatic rings. The molecule has 2 amide bonds. The van der Waals surface area contributed by atoms with E-state index in [2.05, 4.69) is 25.7 Å². The van der Waals surface area contributed by atoms with Crippen LogP contribution in [0, 0.1) is 17.8 Å². The summed E-state index contributed by atoms with van der Waals surface area (Å²) in [6, 6.07) is 1.56. The normalized spacial score (nSPS) is 37.4. The van der Waals surface area contributed by atoms with Gasteiger partial charge in [0, 0.05) is 49.7 Å². The zero-order valence-electron chi connectivity index (χ0n) is 17.3. The first-order valence-electron chi connectivity index (χ1n) is 11.0. The van der Waals surface area contributed by atoms with E-state index in [9.17, 15) is 9.59 Å². The van der Waals surface area contributed by atoms with Crippen molar-refractivity contribution in [3.8, 4) is 0 Å². The number of nitrogens with zero attached hydrogens (tertiary/aromatic N) is 3. The number of piperidine rings is 2. The Morgan fingerprint density at radius 3 is 2.11 bits per heavy atom. The van der Waals surface area contributed by atoms with Crippen LogP contribution in [0.3, 0.4) is 0 Å². The van der Waals surface area contributed by atoms with Crippen molar-refractivity contribution in [1.82, 2.24) is 14.7 Å². The monoisotopic (exact) mass is 377 g/mol. The molecule has 1 aliphatic carbocycles. The molecule has 152 valence electrons. The van der Waals surface area contributed by atoms with Crippen molar-refractivity contribution in [3.63, 3.8) is 0 Å². The maximum Gasteiger partial charge on any atom is 0.410 e. The van der Waals surface area contributed by atoms with Gasteiger partial charge in [-0.05, 0) is 65.2 Å². The minimum Gasteiger partial charge on any atom is -0.450 e. The van der Waals surface area contributed by atoms with Crippen molar-refractivity contribution in [2.45, 2.75) is 77.5 Å². The minimum atomic E-state index is -0.119. The molecule has 2 bridgehead atoms. The molecule has 4 aliphatic rings. The average Bonchev–Trinajstić information content (AvgIpc) is 2.99. The van der Waals surface area contributed by atoms with Crippen LogP contribution in [0.1, 0.15) is 53.4 Å². The molecule has 5 atom stereocenters. The van der Waals surface area contributed by atoms with Gasteiger partial charge in [0.05, 0.1) is 6.61 Å². The van der Waals surface area contributed by atoms with Gasteiger partial charge in [-0.2, -0.15) is 0 Å². The Bertz CT molecular complexity index is 569. The first-order valence-corrected chi connectivity index (χ1v) is 11.0. The molecule has 4 fully saturated rings. The molecular weight excluding hydrogens is 342 g/mol. The van der Waals surface area contributed by atoms with Gasteiger partial charge in [-0.3, -0.25) is 9.69 Å². The van der Waals surface area contributed by atoms with Crippen molar-refractivity contribution in [2.75, 3.05) is 26.2 Å². The molecule has 1 saturated carbocycles. The summed E-state index contributed by atoms with van der Waals surface area (Å²) in [5.41, 5.74) is 0. The van der Waals surface area contributed by atoms with Crippen molar-refractivity contribution in [1.29, 1.82) is 0 Å². The van der Waals surface area contributed by atoms with Gasteiger partial charge in [-0.15, -0.1) is 0 Å². The fourth-order valence-electron chi connectivity index (χ4n) is 6.13. The molecule has 3 saturated heterocycles. The Morgan fingerprint density at radius 1 is 1.04 bits per heavy atom. The van der Waals surface area contributed by atoms with Crippen molar-refractivity contribution < 1.29 is 14.3 Å². The van der Waals surface area contributed by atoms with Crippen LogP contribution in [0.15, 0.2) is 0 Å². The lowest BCUT2D eigenvalue weighted by atomic mass is 9.96. The van der Waals surface area contributed by atoms with E-state index in [0.717, 1.165) is 45.3 Å². The first-order chi connectivity index (χ1) is 13.0. The second-order valence-electron chi connectivity index (χ2n) is 9.14. The number of carbonyl (C=O) groups excluding carboxylic acids is 2. The number of hydrogen-bond acceptors (Lipinski definition) is 4. The van der Waals surface area contributed by atoms with Crippen LogP contribution in [0.4, 0.5) is 4.79 Å². The number of amides is 2. The summed E-state index contributed by atoms with van der Waals surface area (Å²) in [5, 5.41) is 0. The Kier molecular flexibility index (Phi) is 5.12. The highest BCUT2D eigenvalue weighted by Gasteiger charge is 2.61. The average molecular weight is 378 g/mol. The largest absolute Gasteiger partial charge is 0.450 e. The maximum absolute atomic E-state index is 12.8. The molecule has 3 heterocycles. The van der Waals surface area contributed by atoms with Crippen LogP contribution < -0.4 is 0 Å². The molecule has 0 aromatic carbocycles. The molecule has 2 unspecified atom stereocenters. The van der Waals surface area contributed by atoms with Crippen LogP contribution in [-0.4, -0.2) is 77.1 Å². The number of ether oxygens (including phenoxy) is 1. The quantitative estimate of drug-likeness (QED) is 0.739. The van der Waals surface area contributed by atoms with E-state index < -0.39 is 0 Å². The van der Waals surface area contributed by atoms with Gasteiger partial charge in [0.25, 0.3) is 0 Å². The molecule has 6 nitrogen and oxygen atoms in total. The third-order valence-electron chi connectivity index (χ3n) is 7.46. The standard InChI is InChI=1S/C21H35N3O3/c1-5-23(13(3)4)20(25)19-17-11-22(12-18(17)19)16-9-14-7-8-15(10-16)24(14)21(26)27-6-2/h13-19H,5-12H2,1-4H3/t14?,15?,16?,17-,18+,19+. The smallest absolute Gasteiger partial charge is 0.410 e. The van der Waals surface area contributed by atoms with Gasteiger partial charge in [-0.25, -0.2) is 4.79 Å². The minimum absolute atomic E-state index is 0.119. The highest BCUT2D eigenvalue weighted by molar-refractivity contribution is 5.83. The molecule has 6 heteroatoms. The maximum atomic E-state index is 12.8. The highest BCUT2D eigenvalue weighted by atomic mass is 16.6. The van der Waals surface area contributed by atoms with E-state index in [1.165, 1.54) is 0 Å². The molecular formula is C21H35N3O3. The summed E-state index contributed by atoms with van der Waals surface area (Å²) in [6.07, 6.45) is 4.25. The molecule has 0 N–H and O–H groups in total. The number of fused-ring (bicyclic) bond motifs is 3. The van der Waals surface area contributed by atoms with Gasteiger partial charge in [0.1, 0.15) is 0 Å². The fourth-order valence-corrected chi connectivity index (χ4v) is 6.13. The number of likely N-dealkylation sites (tertiary alicyclic amines) is 1. The van der Waals surface area contributed by atoms with E-state index in [0.29, 0.717) is 48.5 Å². The molecule has 0 aromatic heterocycles. The Hall–Kier alpha value is -1.30. The summed E-state index contributed by atoms with van der Waals surface area (Å²) < 4.78 is 5.27. The summed E-state index contributed by atoms with van der Waals surface area (Å²) in [6.45, 7) is 11.6. The Balaban J connectivity index is 1.32. The van der Waals surface area contributed by atoms with Crippen LogP contribution in [0.25, 0.3) is 0 Å². The van der Waals surface area contributed by atoms with Gasteiger partial charge in [-0.1, -0.05) is 0 Å². The van der Waals surface area contributed by atoms with Crippen LogP contribution >= 0.6 is 0 Å². The predicted octanol–water partition coefficient (Wildman–Crippen LogP) is 2.57. The second kappa shape index (κ2) is 7.26. The topological polar surface area (TPSA) is 53.1 Å². The molecule has 0 radical (unpaired) electrons. The lowest BCUT2D eigenvalue weighted by Crippen LogP contribution is -2.53. The zero-order chi connectivity index (χ0) is 19.3. The number of rotatable bonds is 5. The number of hydrogen-bond donors (Lipinski definition) is 0. The summed E-state index contributed by atoms with van der Waals surface area (Å²) in [4.78, 5) is 31.8. The van der Waals surface area contributed by atoms with Crippen LogP contribution in [0.2, 0.25) is 0 Å². The predicted molar refractivity (Wildman–Crippen MR) is 103 cm³/mol. The van der Waals surface area contributed by atoms with Gasteiger partial charge < -0.3 is 14.5 Å². The second-order valence-corrected chi connectivity index (χ2v) is 9.14. The first kappa shape index (κ1) is 19.0. The fraction of sp³-hybridized carbons (Fsp3) is 0.905. The Labute approximate surface area is 163 Å². The van der Waals surface area contributed by atoms with Crippen molar-refractivity contribution >= 4 is 12.0 Å². The highest BCUT2D eigenvalue weighted by Crippen LogP contribution is 2.54. The van der Waals surface area contributed by atoms with Crippen molar-refractivity contribution in [2.24, 2.45) is 17.8 Å². The van der Waals surface area contributed by atoms with E-state index in [-0.39, 0.29) is 12.0 Å². The third-order valence-corrected chi connectivity index (χ3v) is 7.46. The van der Waals surface area contributed by atoms with E-state index >= 15 is 0 Å². The van der Waals surface area contributed by atoms with E-state index in [1.807, 2.05) is 16.7 Å². The summed E-state index contributed by atoms with van der Waals surface area (Å²) in [7, 11) is 0. The van der Waals surface area contributed by atoms with Crippen LogP contribution in [0.5, 0.6) is 0 Å². The SMILES string of the molecule is CCOC(=O)N1C2CCC1CC(N1C[C@@H]3[C@H](C1)[C@H]3C(=O)N(CC)C(C)C)C2. The van der Waals surface area contributed by atoms with Gasteiger partial charge in [0.15, 0.2) is 0 Å². The number of carbonyl (C=O) groups is 2. The van der Waals surface area contributed by atoms with Crippen molar-refractivity contribution in [3.05, 3.63) is 0 Å². The van der Waals surface area contributed by atoms with Crippen LogP contribution in [-0.2, 0) is 9.53 Å². The zero-order valence-corrected chi connectivity index (χ0v) is 17.3. The Morgan fingerprint density at radius 2 is 1.63 bits per heavy atom. The summed E-state index contributed by atoms with van der Waals surface area (Å²) in [5.74, 6) is 1.76. The lowest BCUT2D eigenvalue weighted by Gasteiger charge is -2.42. The van der Waals surface area contributed by atoms with E-state index in [4.69, 9.17) is 4.74 Å². The van der Waals surface area contributed by atoms with Gasteiger partial charge >= 0.3 is 6.09 Å².